The fourth-order valence-electron chi connectivity index (χ4n) is 3.49. The monoisotopic (exact) mass is 359 g/mol. The second kappa shape index (κ2) is 8.64. The van der Waals surface area contributed by atoms with Gasteiger partial charge < -0.3 is 15.4 Å². The molecular formula is C20H29N3O3. The SMILES string of the molecule is CCc1cccc(C)c1NC(=O)C1CC1C(=O)NCCN1CCOCC1. The van der Waals surface area contributed by atoms with Crippen LogP contribution in [0, 0.1) is 18.8 Å². The third-order valence-corrected chi connectivity index (χ3v) is 5.28. The molecule has 6 nitrogen and oxygen atoms in total. The van der Waals surface area contributed by atoms with Crippen LogP contribution in [-0.4, -0.2) is 56.1 Å². The molecule has 2 fully saturated rings. The average molecular weight is 359 g/mol. The summed E-state index contributed by atoms with van der Waals surface area (Å²) >= 11 is 0. The van der Waals surface area contributed by atoms with Crippen LogP contribution < -0.4 is 10.6 Å². The first-order valence-electron chi connectivity index (χ1n) is 9.57. The summed E-state index contributed by atoms with van der Waals surface area (Å²) in [6, 6.07) is 6.04. The predicted molar refractivity (Wildman–Crippen MR) is 101 cm³/mol. The fraction of sp³-hybridized carbons (Fsp3) is 0.600. The van der Waals surface area contributed by atoms with E-state index >= 15 is 0 Å². The summed E-state index contributed by atoms with van der Waals surface area (Å²) in [6.07, 6.45) is 1.51. The standard InChI is InChI=1S/C20H29N3O3/c1-3-15-6-4-5-14(2)18(15)22-20(25)17-13-16(17)19(24)21-7-8-23-9-11-26-12-10-23/h4-6,16-17H,3,7-13H2,1-2H3,(H,21,24)(H,22,25). The average Bonchev–Trinajstić information content (AvgIpc) is 3.45. The molecule has 1 saturated heterocycles. The molecule has 142 valence electrons. The van der Waals surface area contributed by atoms with Gasteiger partial charge in [0.2, 0.25) is 11.8 Å². The number of para-hydroxylation sites is 1. The number of benzene rings is 1. The Bertz CT molecular complexity index is 656. The lowest BCUT2D eigenvalue weighted by atomic mass is 10.1. The summed E-state index contributed by atoms with van der Waals surface area (Å²) in [7, 11) is 0. The van der Waals surface area contributed by atoms with Gasteiger partial charge in [-0.1, -0.05) is 25.1 Å². The summed E-state index contributed by atoms with van der Waals surface area (Å²) < 4.78 is 5.32. The number of amides is 2. The zero-order valence-corrected chi connectivity index (χ0v) is 15.7. The van der Waals surface area contributed by atoms with Crippen LogP contribution in [0.25, 0.3) is 0 Å². The van der Waals surface area contributed by atoms with Crippen molar-refractivity contribution in [2.75, 3.05) is 44.7 Å². The van der Waals surface area contributed by atoms with E-state index < -0.39 is 0 Å². The predicted octanol–water partition coefficient (Wildman–Crippen LogP) is 1.58. The molecule has 2 atom stereocenters. The van der Waals surface area contributed by atoms with Crippen molar-refractivity contribution in [3.63, 3.8) is 0 Å². The lowest BCUT2D eigenvalue weighted by molar-refractivity contribution is -0.125. The number of carbonyl (C=O) groups excluding carboxylic acids is 2. The number of anilines is 1. The van der Waals surface area contributed by atoms with E-state index in [2.05, 4.69) is 22.5 Å². The molecule has 1 aromatic rings. The van der Waals surface area contributed by atoms with Crippen molar-refractivity contribution in [3.05, 3.63) is 29.3 Å². The first-order chi connectivity index (χ1) is 12.6. The molecule has 1 aliphatic heterocycles. The lowest BCUT2D eigenvalue weighted by Gasteiger charge is -2.26. The van der Waals surface area contributed by atoms with Gasteiger partial charge in [-0.25, -0.2) is 0 Å². The van der Waals surface area contributed by atoms with E-state index in [9.17, 15) is 9.59 Å². The number of rotatable bonds is 7. The van der Waals surface area contributed by atoms with Crippen LogP contribution in [0.15, 0.2) is 18.2 Å². The molecule has 3 rings (SSSR count). The van der Waals surface area contributed by atoms with Gasteiger partial charge in [-0.05, 0) is 30.9 Å². The van der Waals surface area contributed by atoms with Crippen molar-refractivity contribution >= 4 is 17.5 Å². The van der Waals surface area contributed by atoms with Gasteiger partial charge in [-0.15, -0.1) is 0 Å². The Morgan fingerprint density at radius 3 is 2.65 bits per heavy atom. The maximum Gasteiger partial charge on any atom is 0.228 e. The van der Waals surface area contributed by atoms with Gasteiger partial charge in [0.25, 0.3) is 0 Å². The minimum Gasteiger partial charge on any atom is -0.379 e. The highest BCUT2D eigenvalue weighted by molar-refractivity contribution is 6.00. The molecule has 26 heavy (non-hydrogen) atoms. The Hall–Kier alpha value is -1.92. The Morgan fingerprint density at radius 1 is 1.19 bits per heavy atom. The van der Waals surface area contributed by atoms with Crippen LogP contribution in [0.4, 0.5) is 5.69 Å². The van der Waals surface area contributed by atoms with Crippen molar-refractivity contribution in [3.8, 4) is 0 Å². The molecule has 1 aromatic carbocycles. The van der Waals surface area contributed by atoms with Crippen molar-refractivity contribution in [1.82, 2.24) is 10.2 Å². The normalized spacial score (nSPS) is 22.7. The van der Waals surface area contributed by atoms with E-state index in [0.717, 1.165) is 56.1 Å². The smallest absolute Gasteiger partial charge is 0.228 e. The number of hydrogen-bond acceptors (Lipinski definition) is 4. The topological polar surface area (TPSA) is 70.7 Å². The molecule has 2 N–H and O–H groups in total. The zero-order chi connectivity index (χ0) is 18.5. The summed E-state index contributed by atoms with van der Waals surface area (Å²) in [4.78, 5) is 27.1. The number of aryl methyl sites for hydroxylation is 2. The molecule has 0 spiro atoms. The minimum atomic E-state index is -0.206. The first kappa shape index (κ1) is 18.9. The quantitative estimate of drug-likeness (QED) is 0.775. The van der Waals surface area contributed by atoms with E-state index in [1.807, 2.05) is 25.1 Å². The molecular weight excluding hydrogens is 330 g/mol. The van der Waals surface area contributed by atoms with E-state index in [4.69, 9.17) is 4.74 Å². The Balaban J connectivity index is 1.44. The summed E-state index contributed by atoms with van der Waals surface area (Å²) in [6.45, 7) is 8.89. The van der Waals surface area contributed by atoms with Crippen molar-refractivity contribution < 1.29 is 14.3 Å². The van der Waals surface area contributed by atoms with E-state index in [1.54, 1.807) is 0 Å². The third-order valence-electron chi connectivity index (χ3n) is 5.28. The van der Waals surface area contributed by atoms with E-state index in [0.29, 0.717) is 13.0 Å². The van der Waals surface area contributed by atoms with E-state index in [1.165, 1.54) is 0 Å². The number of carbonyl (C=O) groups is 2. The molecule has 1 aliphatic carbocycles. The van der Waals surface area contributed by atoms with E-state index in [-0.39, 0.29) is 23.7 Å². The van der Waals surface area contributed by atoms with Crippen molar-refractivity contribution in [2.24, 2.45) is 11.8 Å². The van der Waals surface area contributed by atoms with Gasteiger partial charge in [0.1, 0.15) is 0 Å². The Kier molecular flexibility index (Phi) is 6.27. The van der Waals surface area contributed by atoms with Gasteiger partial charge in [0, 0.05) is 31.9 Å². The van der Waals surface area contributed by atoms with Crippen LogP contribution in [-0.2, 0) is 20.7 Å². The van der Waals surface area contributed by atoms with Crippen molar-refractivity contribution in [1.29, 1.82) is 0 Å². The molecule has 2 amide bonds. The first-order valence-corrected chi connectivity index (χ1v) is 9.57. The van der Waals surface area contributed by atoms with Crippen LogP contribution in [0.3, 0.4) is 0 Å². The highest BCUT2D eigenvalue weighted by Crippen LogP contribution is 2.40. The van der Waals surface area contributed by atoms with Gasteiger partial charge in [0.15, 0.2) is 0 Å². The summed E-state index contributed by atoms with van der Waals surface area (Å²) in [5.74, 6) is -0.433. The number of ether oxygens (including phenoxy) is 1. The van der Waals surface area contributed by atoms with Gasteiger partial charge in [-0.2, -0.15) is 0 Å². The van der Waals surface area contributed by atoms with Gasteiger partial charge >= 0.3 is 0 Å². The molecule has 1 heterocycles. The van der Waals surface area contributed by atoms with Crippen LogP contribution in [0.2, 0.25) is 0 Å². The molecule has 2 unspecified atom stereocenters. The van der Waals surface area contributed by atoms with Gasteiger partial charge in [-0.3, -0.25) is 14.5 Å². The fourth-order valence-corrected chi connectivity index (χ4v) is 3.49. The third kappa shape index (κ3) is 4.62. The molecule has 0 bridgehead atoms. The second-order valence-corrected chi connectivity index (χ2v) is 7.15. The van der Waals surface area contributed by atoms with Crippen molar-refractivity contribution in [2.45, 2.75) is 26.7 Å². The summed E-state index contributed by atoms with van der Waals surface area (Å²) in [5, 5.41) is 6.02. The molecule has 0 radical (unpaired) electrons. The van der Waals surface area contributed by atoms with Crippen LogP contribution >= 0.6 is 0 Å². The minimum absolute atomic E-state index is 0.00101. The largest absolute Gasteiger partial charge is 0.379 e. The maximum absolute atomic E-state index is 12.5. The Morgan fingerprint density at radius 2 is 1.92 bits per heavy atom. The Labute approximate surface area is 155 Å². The second-order valence-electron chi connectivity index (χ2n) is 7.15. The number of morpholine rings is 1. The van der Waals surface area contributed by atoms with Gasteiger partial charge in [0.05, 0.1) is 25.0 Å². The molecule has 1 saturated carbocycles. The number of nitrogens with one attached hydrogen (secondary N) is 2. The van der Waals surface area contributed by atoms with Crippen LogP contribution in [0.5, 0.6) is 0 Å². The molecule has 2 aliphatic rings. The zero-order valence-electron chi connectivity index (χ0n) is 15.7. The highest BCUT2D eigenvalue weighted by Gasteiger charge is 2.48. The number of hydrogen-bond donors (Lipinski definition) is 2. The maximum atomic E-state index is 12.5. The van der Waals surface area contributed by atoms with Crippen LogP contribution in [0.1, 0.15) is 24.5 Å². The molecule has 6 heteroatoms. The lowest BCUT2D eigenvalue weighted by Crippen LogP contribution is -2.41. The number of nitrogens with zero attached hydrogens (tertiary/aromatic N) is 1. The highest BCUT2D eigenvalue weighted by atomic mass is 16.5. The molecule has 0 aromatic heterocycles. The summed E-state index contributed by atoms with van der Waals surface area (Å²) in [5.41, 5.74) is 3.09.